The summed E-state index contributed by atoms with van der Waals surface area (Å²) in [6.45, 7) is 2.37. The van der Waals surface area contributed by atoms with E-state index in [1.165, 1.54) is 0 Å². The van der Waals surface area contributed by atoms with Gasteiger partial charge < -0.3 is 14.5 Å². The number of rotatable bonds is 3. The van der Waals surface area contributed by atoms with Crippen molar-refractivity contribution in [1.82, 2.24) is 14.8 Å². The number of benzene rings is 2. The summed E-state index contributed by atoms with van der Waals surface area (Å²) in [6, 6.07) is 17.2. The average molecular weight is 412 g/mol. The highest BCUT2D eigenvalue weighted by Crippen LogP contribution is 2.24. The van der Waals surface area contributed by atoms with Gasteiger partial charge in [0.15, 0.2) is 5.70 Å². The number of carbonyl (C=O) groups is 2. The molecule has 0 radical (unpaired) electrons. The predicted molar refractivity (Wildman–Crippen MR) is 116 cm³/mol. The fraction of sp³-hybridized carbons (Fsp3) is 0.167. The Morgan fingerprint density at radius 2 is 1.68 bits per heavy atom. The Kier molecular flexibility index (Phi) is 4.92. The van der Waals surface area contributed by atoms with Crippen molar-refractivity contribution in [2.24, 2.45) is 4.99 Å². The quantitative estimate of drug-likeness (QED) is 0.489. The minimum atomic E-state index is -0.460. The molecule has 7 nitrogen and oxygen atoms in total. The Morgan fingerprint density at radius 3 is 2.48 bits per heavy atom. The van der Waals surface area contributed by atoms with E-state index in [1.54, 1.807) is 30.7 Å². The number of fused-ring (bicyclic) bond motifs is 1. The van der Waals surface area contributed by atoms with Crippen molar-refractivity contribution in [1.29, 1.82) is 0 Å². The van der Waals surface area contributed by atoms with Crippen LogP contribution in [0, 0.1) is 0 Å². The lowest BCUT2D eigenvalue weighted by Gasteiger charge is -2.34. The average Bonchev–Trinajstić information content (AvgIpc) is 3.19. The van der Waals surface area contributed by atoms with E-state index in [0.29, 0.717) is 37.6 Å². The van der Waals surface area contributed by atoms with E-state index in [2.05, 4.69) is 9.98 Å². The lowest BCUT2D eigenvalue weighted by Crippen LogP contribution is -2.47. The highest BCUT2D eigenvalue weighted by molar-refractivity contribution is 6.16. The van der Waals surface area contributed by atoms with Gasteiger partial charge in [-0.2, -0.15) is 0 Å². The van der Waals surface area contributed by atoms with Crippen LogP contribution < -0.4 is 0 Å². The number of aliphatic imine (C=N–C) groups is 1. The molecule has 0 N–H and O–H groups in total. The minimum absolute atomic E-state index is 0.00811. The van der Waals surface area contributed by atoms with Crippen molar-refractivity contribution in [2.45, 2.75) is 0 Å². The number of hydrogen-bond acceptors (Lipinski definition) is 6. The number of piperazine rings is 1. The first-order valence-electron chi connectivity index (χ1n) is 10.1. The zero-order valence-corrected chi connectivity index (χ0v) is 16.8. The first-order chi connectivity index (χ1) is 15.2. The van der Waals surface area contributed by atoms with Crippen molar-refractivity contribution < 1.29 is 14.3 Å². The second-order valence-electron chi connectivity index (χ2n) is 7.41. The van der Waals surface area contributed by atoms with Crippen LogP contribution in [0.4, 0.5) is 0 Å². The number of nitrogens with zero attached hydrogens (tertiary/aromatic N) is 4. The molecule has 7 heteroatoms. The molecule has 0 bridgehead atoms. The molecule has 1 aromatic heterocycles. The van der Waals surface area contributed by atoms with Gasteiger partial charge >= 0.3 is 5.97 Å². The maximum Gasteiger partial charge on any atom is 0.365 e. The lowest BCUT2D eigenvalue weighted by atomic mass is 10.0. The maximum atomic E-state index is 12.6. The summed E-state index contributed by atoms with van der Waals surface area (Å²) in [4.78, 5) is 37.2. The summed E-state index contributed by atoms with van der Waals surface area (Å²) < 4.78 is 5.47. The maximum absolute atomic E-state index is 12.6. The number of ether oxygens (including phenoxy) is 1. The van der Waals surface area contributed by atoms with Crippen LogP contribution in [0.2, 0.25) is 0 Å². The summed E-state index contributed by atoms with van der Waals surface area (Å²) >= 11 is 0. The number of carbonyl (C=O) groups excluding carboxylic acids is 2. The van der Waals surface area contributed by atoms with Crippen molar-refractivity contribution in [3.63, 3.8) is 0 Å². The van der Waals surface area contributed by atoms with Gasteiger partial charge in [0.05, 0.1) is 0 Å². The number of hydrogen-bond donors (Lipinski definition) is 0. The fourth-order valence-electron chi connectivity index (χ4n) is 3.83. The summed E-state index contributed by atoms with van der Waals surface area (Å²) in [7, 11) is 0. The highest BCUT2D eigenvalue weighted by Gasteiger charge is 2.27. The van der Waals surface area contributed by atoms with Gasteiger partial charge in [0.25, 0.3) is 5.91 Å². The smallest absolute Gasteiger partial charge is 0.365 e. The molecule has 0 unspecified atom stereocenters. The van der Waals surface area contributed by atoms with Crippen LogP contribution >= 0.6 is 0 Å². The second kappa shape index (κ2) is 8.02. The first kappa shape index (κ1) is 19.0. The zero-order valence-electron chi connectivity index (χ0n) is 16.8. The van der Waals surface area contributed by atoms with Crippen molar-refractivity contribution >= 4 is 28.5 Å². The molecule has 0 atom stereocenters. The monoisotopic (exact) mass is 412 g/mol. The van der Waals surface area contributed by atoms with Gasteiger partial charge in [-0.1, -0.05) is 36.4 Å². The molecule has 0 spiro atoms. The van der Waals surface area contributed by atoms with Crippen LogP contribution in [0.15, 0.2) is 83.9 Å². The van der Waals surface area contributed by atoms with Gasteiger partial charge in [-0.3, -0.25) is 9.78 Å². The van der Waals surface area contributed by atoms with Gasteiger partial charge in [0.2, 0.25) is 5.90 Å². The van der Waals surface area contributed by atoms with E-state index in [9.17, 15) is 9.59 Å². The topological polar surface area (TPSA) is 75.1 Å². The Morgan fingerprint density at radius 1 is 0.935 bits per heavy atom. The molecule has 0 saturated carbocycles. The van der Waals surface area contributed by atoms with E-state index in [0.717, 1.165) is 16.3 Å². The minimum Gasteiger partial charge on any atom is -0.402 e. The molecule has 2 aromatic carbocycles. The van der Waals surface area contributed by atoms with E-state index in [1.807, 2.05) is 52.3 Å². The van der Waals surface area contributed by atoms with Crippen molar-refractivity contribution in [3.8, 4) is 0 Å². The van der Waals surface area contributed by atoms with Crippen LogP contribution in [0.3, 0.4) is 0 Å². The van der Waals surface area contributed by atoms with Gasteiger partial charge in [0, 0.05) is 55.9 Å². The summed E-state index contributed by atoms with van der Waals surface area (Å²) in [5.74, 6) is -0.149. The zero-order chi connectivity index (χ0) is 21.2. The number of pyridine rings is 1. The number of esters is 1. The van der Waals surface area contributed by atoms with Crippen LogP contribution in [0.25, 0.3) is 10.8 Å². The fourth-order valence-corrected chi connectivity index (χ4v) is 3.83. The molecule has 3 aromatic rings. The molecular formula is C24H20N4O3. The number of cyclic esters (lactones) is 1. The van der Waals surface area contributed by atoms with Gasteiger partial charge in [0.1, 0.15) is 0 Å². The molecule has 0 aliphatic carbocycles. The molecule has 31 heavy (non-hydrogen) atoms. The summed E-state index contributed by atoms with van der Waals surface area (Å²) in [5, 5.41) is 2.05. The van der Waals surface area contributed by atoms with Crippen LogP contribution in [0.1, 0.15) is 15.9 Å². The normalized spacial score (nSPS) is 17.7. The van der Waals surface area contributed by atoms with Gasteiger partial charge in [-0.05, 0) is 29.0 Å². The van der Waals surface area contributed by atoms with Gasteiger partial charge in [-0.15, -0.1) is 0 Å². The first-order valence-corrected chi connectivity index (χ1v) is 10.1. The second-order valence-corrected chi connectivity index (χ2v) is 7.41. The van der Waals surface area contributed by atoms with E-state index in [4.69, 9.17) is 4.74 Å². The standard InChI is InChI=1S/C24H20N4O3/c29-23(18-8-10-25-11-9-18)28-14-12-27(13-15-28)16-21-24(30)31-22(26-21)20-7-3-5-17-4-1-2-6-19(17)20/h1-11,16H,12-15H2/b21-16+. The predicted octanol–water partition coefficient (Wildman–Crippen LogP) is 2.84. The molecular weight excluding hydrogens is 392 g/mol. The molecule has 2 aliphatic rings. The Balaban J connectivity index is 1.31. The molecule has 2 aliphatic heterocycles. The van der Waals surface area contributed by atoms with E-state index >= 15 is 0 Å². The molecule has 1 fully saturated rings. The molecule has 1 saturated heterocycles. The molecule has 1 amide bonds. The van der Waals surface area contributed by atoms with E-state index < -0.39 is 5.97 Å². The third-order valence-corrected chi connectivity index (χ3v) is 5.47. The SMILES string of the molecule is O=C1OC(c2cccc3ccccc23)=N/C1=C/N1CCN(C(=O)c2ccncc2)CC1. The van der Waals surface area contributed by atoms with Crippen molar-refractivity contribution in [3.05, 3.63) is 90.0 Å². The Bertz CT molecular complexity index is 1210. The molecule has 3 heterocycles. The van der Waals surface area contributed by atoms with Gasteiger partial charge in [-0.25, -0.2) is 9.79 Å². The third-order valence-electron chi connectivity index (χ3n) is 5.47. The molecule has 5 rings (SSSR count). The Labute approximate surface area is 179 Å². The van der Waals surface area contributed by atoms with Crippen LogP contribution in [-0.4, -0.2) is 58.7 Å². The van der Waals surface area contributed by atoms with Crippen molar-refractivity contribution in [2.75, 3.05) is 26.2 Å². The lowest BCUT2D eigenvalue weighted by molar-refractivity contribution is -0.130. The molecule has 154 valence electrons. The Hall–Kier alpha value is -4.00. The third kappa shape index (κ3) is 3.77. The summed E-state index contributed by atoms with van der Waals surface area (Å²) in [5.41, 5.74) is 1.70. The number of amides is 1. The van der Waals surface area contributed by atoms with Crippen LogP contribution in [0.5, 0.6) is 0 Å². The summed E-state index contributed by atoms with van der Waals surface area (Å²) in [6.07, 6.45) is 4.96. The number of aromatic nitrogens is 1. The van der Waals surface area contributed by atoms with E-state index in [-0.39, 0.29) is 11.6 Å². The highest BCUT2D eigenvalue weighted by atomic mass is 16.6. The van der Waals surface area contributed by atoms with Crippen LogP contribution in [-0.2, 0) is 9.53 Å². The largest absolute Gasteiger partial charge is 0.402 e.